The molecular weight excluding hydrogens is 158 g/mol. The van der Waals surface area contributed by atoms with Crippen LogP contribution in [0.15, 0.2) is 18.2 Å². The van der Waals surface area contributed by atoms with Gasteiger partial charge in [0.2, 0.25) is 0 Å². The van der Waals surface area contributed by atoms with E-state index in [1.54, 1.807) is 12.1 Å². The van der Waals surface area contributed by atoms with E-state index in [9.17, 15) is 8.78 Å². The Morgan fingerprint density at radius 1 is 1.42 bits per heavy atom. The van der Waals surface area contributed by atoms with Gasteiger partial charge in [-0.15, -0.1) is 0 Å². The first-order valence-electron chi connectivity index (χ1n) is 4.08. The Morgan fingerprint density at radius 2 is 2.08 bits per heavy atom. The van der Waals surface area contributed by atoms with E-state index in [-0.39, 0.29) is 5.82 Å². The first kappa shape index (κ1) is 9.17. The molecule has 0 heterocycles. The van der Waals surface area contributed by atoms with Gasteiger partial charge >= 0.3 is 0 Å². The minimum atomic E-state index is -1.09. The van der Waals surface area contributed by atoms with E-state index < -0.39 is 6.17 Å². The highest BCUT2D eigenvalue weighted by Gasteiger charge is 2.10. The molecule has 0 N–H and O–H groups in total. The molecule has 1 atom stereocenters. The predicted molar refractivity (Wildman–Crippen MR) is 45.3 cm³/mol. The summed E-state index contributed by atoms with van der Waals surface area (Å²) < 4.78 is 25.9. The van der Waals surface area contributed by atoms with Gasteiger partial charge in [-0.2, -0.15) is 0 Å². The second kappa shape index (κ2) is 3.65. The molecular formula is C10H12F2. The first-order chi connectivity index (χ1) is 5.66. The number of halogens is 2. The minimum absolute atomic E-state index is 0.306. The van der Waals surface area contributed by atoms with Gasteiger partial charge in [0.05, 0.1) is 0 Å². The molecule has 0 aromatic heterocycles. The van der Waals surface area contributed by atoms with E-state index in [2.05, 4.69) is 0 Å². The Balaban J connectivity index is 3.18. The molecule has 12 heavy (non-hydrogen) atoms. The third-order valence-corrected chi connectivity index (χ3v) is 1.94. The number of hydrogen-bond acceptors (Lipinski definition) is 0. The number of hydrogen-bond donors (Lipinski definition) is 0. The van der Waals surface area contributed by atoms with Gasteiger partial charge in [-0.25, -0.2) is 8.78 Å². The molecule has 2 heteroatoms. The lowest BCUT2D eigenvalue weighted by Gasteiger charge is -2.08. The summed E-state index contributed by atoms with van der Waals surface area (Å²) in [4.78, 5) is 0. The highest BCUT2D eigenvalue weighted by molar-refractivity contribution is 5.30. The Bertz CT molecular complexity index is 267. The fraction of sp³-hybridized carbons (Fsp3) is 0.400. The summed E-state index contributed by atoms with van der Waals surface area (Å²) in [5.41, 5.74) is 0.963. The average molecular weight is 170 g/mol. The van der Waals surface area contributed by atoms with Crippen molar-refractivity contribution in [3.05, 3.63) is 35.1 Å². The third-order valence-electron chi connectivity index (χ3n) is 1.94. The normalized spacial score (nSPS) is 13.0. The van der Waals surface area contributed by atoms with E-state index in [0.29, 0.717) is 17.5 Å². The molecule has 1 rings (SSSR count). The minimum Gasteiger partial charge on any atom is -0.243 e. The Kier molecular flexibility index (Phi) is 2.79. The fourth-order valence-corrected chi connectivity index (χ4v) is 1.32. The predicted octanol–water partition coefficient (Wildman–Crippen LogP) is 3.42. The molecule has 0 bridgehead atoms. The molecule has 1 aromatic rings. The lowest BCUT2D eigenvalue weighted by Crippen LogP contribution is -1.97. The monoisotopic (exact) mass is 170 g/mol. The van der Waals surface area contributed by atoms with Gasteiger partial charge in [-0.3, -0.25) is 0 Å². The van der Waals surface area contributed by atoms with Gasteiger partial charge in [0.15, 0.2) is 0 Å². The molecule has 0 saturated heterocycles. The van der Waals surface area contributed by atoms with Crippen molar-refractivity contribution < 1.29 is 8.78 Å². The van der Waals surface area contributed by atoms with Crippen LogP contribution < -0.4 is 0 Å². The second-order valence-electron chi connectivity index (χ2n) is 2.78. The maximum Gasteiger partial charge on any atom is 0.126 e. The SMILES string of the molecule is CCc1c(F)cccc1[C@@H](C)F. The third kappa shape index (κ3) is 1.63. The van der Waals surface area contributed by atoms with Gasteiger partial charge < -0.3 is 0 Å². The summed E-state index contributed by atoms with van der Waals surface area (Å²) in [5.74, 6) is -0.306. The van der Waals surface area contributed by atoms with Crippen molar-refractivity contribution in [2.45, 2.75) is 26.4 Å². The smallest absolute Gasteiger partial charge is 0.126 e. The molecule has 0 amide bonds. The van der Waals surface area contributed by atoms with Gasteiger partial charge in [0, 0.05) is 0 Å². The Morgan fingerprint density at radius 3 is 2.50 bits per heavy atom. The van der Waals surface area contributed by atoms with Crippen LogP contribution >= 0.6 is 0 Å². The molecule has 0 spiro atoms. The Labute approximate surface area is 71.2 Å². The molecule has 0 aliphatic carbocycles. The van der Waals surface area contributed by atoms with Crippen LogP contribution in [0.5, 0.6) is 0 Å². The highest BCUT2D eigenvalue weighted by Crippen LogP contribution is 2.23. The van der Waals surface area contributed by atoms with Gasteiger partial charge in [0.1, 0.15) is 12.0 Å². The van der Waals surface area contributed by atoms with Crippen molar-refractivity contribution in [1.29, 1.82) is 0 Å². The maximum absolute atomic E-state index is 13.0. The van der Waals surface area contributed by atoms with Crippen molar-refractivity contribution in [3.8, 4) is 0 Å². The number of alkyl halides is 1. The van der Waals surface area contributed by atoms with Crippen LogP contribution in [0.2, 0.25) is 0 Å². The lowest BCUT2D eigenvalue weighted by molar-refractivity contribution is 0.370. The van der Waals surface area contributed by atoms with E-state index in [0.717, 1.165) is 0 Å². The van der Waals surface area contributed by atoms with Crippen molar-refractivity contribution in [1.82, 2.24) is 0 Å². The van der Waals surface area contributed by atoms with Crippen molar-refractivity contribution in [2.75, 3.05) is 0 Å². The quantitative estimate of drug-likeness (QED) is 0.638. The fourth-order valence-electron chi connectivity index (χ4n) is 1.32. The van der Waals surface area contributed by atoms with Crippen molar-refractivity contribution >= 4 is 0 Å². The summed E-state index contributed by atoms with van der Waals surface area (Å²) >= 11 is 0. The zero-order chi connectivity index (χ0) is 9.14. The van der Waals surface area contributed by atoms with Gasteiger partial charge in [-0.05, 0) is 30.5 Å². The highest BCUT2D eigenvalue weighted by atomic mass is 19.1. The van der Waals surface area contributed by atoms with E-state index in [1.807, 2.05) is 6.92 Å². The molecule has 0 aliphatic rings. The van der Waals surface area contributed by atoms with Crippen LogP contribution in [0, 0.1) is 5.82 Å². The summed E-state index contributed by atoms with van der Waals surface area (Å²) in [6.45, 7) is 3.25. The zero-order valence-corrected chi connectivity index (χ0v) is 7.27. The van der Waals surface area contributed by atoms with Crippen LogP contribution in [0.3, 0.4) is 0 Å². The molecule has 0 saturated carbocycles. The molecule has 0 aliphatic heterocycles. The van der Waals surface area contributed by atoms with Gasteiger partial charge in [0.25, 0.3) is 0 Å². The lowest BCUT2D eigenvalue weighted by atomic mass is 10.0. The van der Waals surface area contributed by atoms with Crippen LogP contribution in [-0.4, -0.2) is 0 Å². The average Bonchev–Trinajstić information content (AvgIpc) is 2.03. The first-order valence-corrected chi connectivity index (χ1v) is 4.08. The van der Waals surface area contributed by atoms with Crippen LogP contribution in [0.4, 0.5) is 8.78 Å². The van der Waals surface area contributed by atoms with E-state index in [4.69, 9.17) is 0 Å². The van der Waals surface area contributed by atoms with Crippen molar-refractivity contribution in [2.24, 2.45) is 0 Å². The summed E-state index contributed by atoms with van der Waals surface area (Å²) in [7, 11) is 0. The van der Waals surface area contributed by atoms with E-state index in [1.165, 1.54) is 13.0 Å². The zero-order valence-electron chi connectivity index (χ0n) is 7.27. The molecule has 0 fully saturated rings. The molecule has 0 unspecified atom stereocenters. The largest absolute Gasteiger partial charge is 0.243 e. The van der Waals surface area contributed by atoms with Crippen LogP contribution in [0.25, 0.3) is 0 Å². The molecule has 66 valence electrons. The topological polar surface area (TPSA) is 0 Å². The van der Waals surface area contributed by atoms with E-state index >= 15 is 0 Å². The summed E-state index contributed by atoms with van der Waals surface area (Å²) in [6.07, 6.45) is -0.549. The molecule has 0 radical (unpaired) electrons. The van der Waals surface area contributed by atoms with Crippen molar-refractivity contribution in [3.63, 3.8) is 0 Å². The standard InChI is InChI=1S/C10H12F2/c1-3-8-9(7(2)11)5-4-6-10(8)12/h4-7H,3H2,1-2H3/t7-/m1/s1. The Hall–Kier alpha value is -0.920. The number of benzene rings is 1. The van der Waals surface area contributed by atoms with Crippen LogP contribution in [-0.2, 0) is 6.42 Å². The molecule has 0 nitrogen and oxygen atoms in total. The molecule has 1 aromatic carbocycles. The van der Waals surface area contributed by atoms with Gasteiger partial charge in [-0.1, -0.05) is 19.1 Å². The number of rotatable bonds is 2. The van der Waals surface area contributed by atoms with Crippen LogP contribution in [0.1, 0.15) is 31.1 Å². The summed E-state index contributed by atoms with van der Waals surface area (Å²) in [6, 6.07) is 4.54. The maximum atomic E-state index is 13.0. The second-order valence-corrected chi connectivity index (χ2v) is 2.78. The summed E-state index contributed by atoms with van der Waals surface area (Å²) in [5, 5.41) is 0.